The summed E-state index contributed by atoms with van der Waals surface area (Å²) in [6.45, 7) is 6.32. The van der Waals surface area contributed by atoms with E-state index in [2.05, 4.69) is 55.1 Å². The second-order valence-electron chi connectivity index (χ2n) is 5.20. The van der Waals surface area contributed by atoms with Crippen molar-refractivity contribution in [2.45, 2.75) is 13.8 Å². The Morgan fingerprint density at radius 3 is 1.83 bits per heavy atom. The molecule has 0 radical (unpaired) electrons. The van der Waals surface area contributed by atoms with Crippen molar-refractivity contribution in [1.82, 2.24) is 0 Å². The van der Waals surface area contributed by atoms with E-state index in [1.165, 1.54) is 28.4 Å². The largest absolute Gasteiger partial charge is 0.372 e. The van der Waals surface area contributed by atoms with Gasteiger partial charge in [0.05, 0.1) is 9.75 Å². The van der Waals surface area contributed by atoms with Gasteiger partial charge in [0.1, 0.15) is 0 Å². The van der Waals surface area contributed by atoms with Crippen LogP contribution in [0.4, 0.5) is 5.69 Å². The van der Waals surface area contributed by atoms with Crippen LogP contribution in [0.5, 0.6) is 0 Å². The van der Waals surface area contributed by atoms with Gasteiger partial charge in [-0.1, -0.05) is 65.1 Å². The Hall–Kier alpha value is -1.91. The predicted octanol–water partition coefficient (Wildman–Crippen LogP) is 5.35. The van der Waals surface area contributed by atoms with Crippen molar-refractivity contribution in [3.63, 3.8) is 0 Å². The smallest absolute Gasteiger partial charge is 0.288 e. The summed E-state index contributed by atoms with van der Waals surface area (Å²) in [5.41, 5.74) is 3.45. The monoisotopic (exact) mass is 341 g/mol. The van der Waals surface area contributed by atoms with Crippen LogP contribution in [0.1, 0.15) is 13.8 Å². The molecule has 4 heteroatoms. The second-order valence-corrected chi connectivity index (χ2v) is 7.42. The molecule has 0 bridgehead atoms. The summed E-state index contributed by atoms with van der Waals surface area (Å²) >= 11 is 2.67. The van der Waals surface area contributed by atoms with Gasteiger partial charge in [-0.05, 0) is 37.1 Å². The van der Waals surface area contributed by atoms with Crippen LogP contribution in [0.25, 0.3) is 20.9 Å². The van der Waals surface area contributed by atoms with Gasteiger partial charge in [-0.15, -0.1) is 0 Å². The van der Waals surface area contributed by atoms with Gasteiger partial charge >= 0.3 is 0 Å². The molecule has 0 aliphatic carbocycles. The molecule has 0 saturated carbocycles. The average Bonchev–Trinajstić information content (AvgIpc) is 2.99. The molecule has 0 aliphatic rings. The van der Waals surface area contributed by atoms with Gasteiger partial charge in [0, 0.05) is 18.8 Å². The van der Waals surface area contributed by atoms with E-state index in [1.54, 1.807) is 0 Å². The Kier molecular flexibility index (Phi) is 4.94. The summed E-state index contributed by atoms with van der Waals surface area (Å²) in [6, 6.07) is 18.7. The first-order valence-corrected chi connectivity index (χ1v) is 9.41. The van der Waals surface area contributed by atoms with Gasteiger partial charge in [0.15, 0.2) is 0 Å². The summed E-state index contributed by atoms with van der Waals surface area (Å²) in [5.74, 6) is 0. The highest BCUT2D eigenvalue weighted by atomic mass is 32.2. The van der Waals surface area contributed by atoms with Gasteiger partial charge < -0.3 is 4.90 Å². The van der Waals surface area contributed by atoms with Gasteiger partial charge in [-0.2, -0.15) is 0 Å². The number of rotatable bonds is 5. The molecule has 0 fully saturated rings. The lowest BCUT2D eigenvalue weighted by atomic mass is 10.1. The van der Waals surface area contributed by atoms with Gasteiger partial charge in [-0.25, -0.2) is 0 Å². The van der Waals surface area contributed by atoms with Crippen LogP contribution >= 0.6 is 22.7 Å². The molecule has 0 unspecified atom stereocenters. The number of hydrogen-bond donors (Lipinski definition) is 0. The third-order valence-electron chi connectivity index (χ3n) is 3.87. The molecule has 2 aromatic carbocycles. The zero-order valence-corrected chi connectivity index (χ0v) is 14.9. The van der Waals surface area contributed by atoms with E-state index in [-0.39, 0.29) is 4.06 Å². The van der Waals surface area contributed by atoms with Crippen molar-refractivity contribution in [3.8, 4) is 20.9 Å². The average molecular weight is 342 g/mol. The maximum absolute atomic E-state index is 12.0. The number of benzene rings is 2. The molecule has 0 amide bonds. The van der Waals surface area contributed by atoms with Crippen LogP contribution in [0, 0.1) is 0 Å². The first kappa shape index (κ1) is 16.0. The van der Waals surface area contributed by atoms with Crippen LogP contribution in [0.3, 0.4) is 0 Å². The highest BCUT2D eigenvalue weighted by Gasteiger charge is 2.13. The lowest BCUT2D eigenvalue weighted by Gasteiger charge is -2.21. The first-order chi connectivity index (χ1) is 11.2. The molecular formula is C19H19NOS2. The zero-order chi connectivity index (χ0) is 16.2. The molecule has 118 valence electrons. The number of hydrogen-bond acceptors (Lipinski definition) is 4. The molecule has 0 aliphatic heterocycles. The van der Waals surface area contributed by atoms with Crippen LogP contribution < -0.4 is 8.96 Å². The van der Waals surface area contributed by atoms with Gasteiger partial charge in [-0.3, -0.25) is 4.79 Å². The Balaban J connectivity index is 2.01. The third-order valence-corrected chi connectivity index (χ3v) is 6.12. The van der Waals surface area contributed by atoms with Crippen LogP contribution in [-0.4, -0.2) is 13.1 Å². The quantitative estimate of drug-likeness (QED) is 0.623. The van der Waals surface area contributed by atoms with E-state index in [1.807, 2.05) is 18.2 Å². The third kappa shape index (κ3) is 3.38. The fourth-order valence-electron chi connectivity index (χ4n) is 2.66. The summed E-state index contributed by atoms with van der Waals surface area (Å²) in [4.78, 5) is 16.4. The minimum atomic E-state index is 0.145. The van der Waals surface area contributed by atoms with Crippen LogP contribution in [0.2, 0.25) is 0 Å². The summed E-state index contributed by atoms with van der Waals surface area (Å²) in [5, 5.41) is 0. The van der Waals surface area contributed by atoms with E-state index in [0.29, 0.717) is 0 Å². The van der Waals surface area contributed by atoms with Crippen molar-refractivity contribution in [2.75, 3.05) is 18.0 Å². The van der Waals surface area contributed by atoms with E-state index in [9.17, 15) is 4.79 Å². The molecule has 3 rings (SSSR count). The Morgan fingerprint density at radius 2 is 1.30 bits per heavy atom. The lowest BCUT2D eigenvalue weighted by Crippen LogP contribution is -2.21. The minimum absolute atomic E-state index is 0.145. The molecule has 0 spiro atoms. The van der Waals surface area contributed by atoms with Crippen molar-refractivity contribution in [3.05, 3.63) is 63.4 Å². The lowest BCUT2D eigenvalue weighted by molar-refractivity contribution is 0.866. The fourth-order valence-corrected chi connectivity index (χ4v) is 4.84. The Labute approximate surface area is 144 Å². The normalized spacial score (nSPS) is 10.7. The molecule has 1 aromatic heterocycles. The predicted molar refractivity (Wildman–Crippen MR) is 103 cm³/mol. The molecule has 0 N–H and O–H groups in total. The summed E-state index contributed by atoms with van der Waals surface area (Å²) in [6.07, 6.45) is 0. The second kappa shape index (κ2) is 7.11. The van der Waals surface area contributed by atoms with Crippen LogP contribution in [0.15, 0.2) is 59.4 Å². The molecular weight excluding hydrogens is 322 g/mol. The SMILES string of the molecule is CCN(CC)c1ccc(-c2sc(=O)sc2-c2ccccc2)cc1. The Bertz CT molecular complexity index is 815. The maximum Gasteiger partial charge on any atom is 0.288 e. The van der Waals surface area contributed by atoms with Crippen molar-refractivity contribution in [2.24, 2.45) is 0 Å². The highest BCUT2D eigenvalue weighted by molar-refractivity contribution is 7.32. The van der Waals surface area contributed by atoms with E-state index in [0.717, 1.165) is 34.0 Å². The molecule has 2 nitrogen and oxygen atoms in total. The van der Waals surface area contributed by atoms with E-state index < -0.39 is 0 Å². The van der Waals surface area contributed by atoms with Gasteiger partial charge in [0.25, 0.3) is 4.06 Å². The standard InChI is InChI=1S/C19H19NOS2/c1-3-20(4-2)16-12-10-15(11-13-16)18-17(22-19(21)23-18)14-8-6-5-7-9-14/h5-13H,3-4H2,1-2H3. The van der Waals surface area contributed by atoms with Crippen molar-refractivity contribution < 1.29 is 0 Å². The highest BCUT2D eigenvalue weighted by Crippen LogP contribution is 2.37. The Morgan fingerprint density at radius 1 is 0.783 bits per heavy atom. The summed E-state index contributed by atoms with van der Waals surface area (Å²) in [7, 11) is 0. The number of nitrogens with zero attached hydrogens (tertiary/aromatic N) is 1. The zero-order valence-electron chi connectivity index (χ0n) is 13.3. The molecule has 23 heavy (non-hydrogen) atoms. The molecule has 3 aromatic rings. The van der Waals surface area contributed by atoms with Crippen molar-refractivity contribution >= 4 is 28.4 Å². The fraction of sp³-hybridized carbons (Fsp3) is 0.211. The van der Waals surface area contributed by atoms with E-state index in [4.69, 9.17) is 0 Å². The van der Waals surface area contributed by atoms with Crippen LogP contribution in [-0.2, 0) is 0 Å². The van der Waals surface area contributed by atoms with Crippen molar-refractivity contribution in [1.29, 1.82) is 0 Å². The topological polar surface area (TPSA) is 20.3 Å². The molecule has 0 atom stereocenters. The molecule has 1 heterocycles. The first-order valence-electron chi connectivity index (χ1n) is 7.77. The minimum Gasteiger partial charge on any atom is -0.372 e. The maximum atomic E-state index is 12.0. The summed E-state index contributed by atoms with van der Waals surface area (Å²) < 4.78 is 0.145. The van der Waals surface area contributed by atoms with Gasteiger partial charge in [0.2, 0.25) is 0 Å². The van der Waals surface area contributed by atoms with E-state index >= 15 is 0 Å². The molecule has 0 saturated heterocycles. The number of anilines is 1.